The second kappa shape index (κ2) is 4.92. The maximum absolute atomic E-state index is 11.9. The molecule has 0 amide bonds. The number of nitrogens with zero attached hydrogens (tertiary/aromatic N) is 2. The minimum atomic E-state index is -0.719. The van der Waals surface area contributed by atoms with E-state index in [-0.39, 0.29) is 5.97 Å². The molecule has 1 atom stereocenters. The van der Waals surface area contributed by atoms with Crippen LogP contribution in [0.2, 0.25) is 0 Å². The molecule has 0 saturated heterocycles. The fraction of sp³-hybridized carbons (Fsp3) is 0.769. The third-order valence-electron chi connectivity index (χ3n) is 3.85. The summed E-state index contributed by atoms with van der Waals surface area (Å²) in [6, 6.07) is 0. The molecule has 0 N–H and O–H groups in total. The summed E-state index contributed by atoms with van der Waals surface area (Å²) >= 11 is 0. The topological polar surface area (TPSA) is 74.5 Å². The van der Waals surface area contributed by atoms with Crippen molar-refractivity contribution >= 4 is 5.97 Å². The lowest BCUT2D eigenvalue weighted by Gasteiger charge is -2.21. The van der Waals surface area contributed by atoms with Gasteiger partial charge in [0.1, 0.15) is 11.0 Å². The number of rotatable bonds is 6. The Hall–Kier alpha value is -1.43. The third-order valence-corrected chi connectivity index (χ3v) is 3.85. The van der Waals surface area contributed by atoms with Crippen LogP contribution in [0.5, 0.6) is 0 Å². The third kappa shape index (κ3) is 2.25. The lowest BCUT2D eigenvalue weighted by atomic mass is 10.0. The van der Waals surface area contributed by atoms with E-state index in [4.69, 9.17) is 14.0 Å². The summed E-state index contributed by atoms with van der Waals surface area (Å²) < 4.78 is 15.8. The summed E-state index contributed by atoms with van der Waals surface area (Å²) in [5, 5.41) is 3.96. The Morgan fingerprint density at radius 3 is 2.63 bits per heavy atom. The van der Waals surface area contributed by atoms with E-state index in [1.807, 2.05) is 13.8 Å². The van der Waals surface area contributed by atoms with Gasteiger partial charge in [0.05, 0.1) is 6.61 Å². The van der Waals surface area contributed by atoms with Gasteiger partial charge in [-0.1, -0.05) is 12.1 Å². The number of aromatic nitrogens is 2. The van der Waals surface area contributed by atoms with Gasteiger partial charge in [0.2, 0.25) is 11.7 Å². The predicted octanol–water partition coefficient (Wildman–Crippen LogP) is 1.94. The lowest BCUT2D eigenvalue weighted by molar-refractivity contribution is -0.146. The van der Waals surface area contributed by atoms with E-state index in [1.54, 1.807) is 14.0 Å². The van der Waals surface area contributed by atoms with Crippen LogP contribution in [0.25, 0.3) is 0 Å². The summed E-state index contributed by atoms with van der Waals surface area (Å²) in [4.78, 5) is 16.3. The van der Waals surface area contributed by atoms with Gasteiger partial charge in [-0.15, -0.1) is 0 Å². The first kappa shape index (κ1) is 14.0. The van der Waals surface area contributed by atoms with E-state index in [2.05, 4.69) is 10.1 Å². The molecule has 1 aromatic rings. The molecule has 1 fully saturated rings. The van der Waals surface area contributed by atoms with E-state index in [1.165, 1.54) is 0 Å². The van der Waals surface area contributed by atoms with Crippen LogP contribution in [-0.2, 0) is 25.3 Å². The first-order valence-corrected chi connectivity index (χ1v) is 6.59. The van der Waals surface area contributed by atoms with Gasteiger partial charge >= 0.3 is 5.97 Å². The number of carbonyl (C=O) groups excluding carboxylic acids is 1. The molecule has 1 aromatic heterocycles. The Morgan fingerprint density at radius 2 is 2.16 bits per heavy atom. The maximum Gasteiger partial charge on any atom is 0.321 e. The summed E-state index contributed by atoms with van der Waals surface area (Å²) in [5.74, 6) is 0.543. The summed E-state index contributed by atoms with van der Waals surface area (Å²) in [7, 11) is 1.61. The van der Waals surface area contributed by atoms with Crippen molar-refractivity contribution < 1.29 is 18.8 Å². The van der Waals surface area contributed by atoms with Gasteiger partial charge in [0, 0.05) is 7.11 Å². The van der Waals surface area contributed by atoms with Crippen LogP contribution in [0.1, 0.15) is 51.7 Å². The fourth-order valence-electron chi connectivity index (χ4n) is 1.93. The Morgan fingerprint density at radius 1 is 1.47 bits per heavy atom. The van der Waals surface area contributed by atoms with Crippen molar-refractivity contribution in [2.24, 2.45) is 0 Å². The van der Waals surface area contributed by atoms with Crippen LogP contribution in [-0.4, -0.2) is 29.8 Å². The van der Waals surface area contributed by atoms with Crippen LogP contribution in [0.15, 0.2) is 4.52 Å². The van der Waals surface area contributed by atoms with Gasteiger partial charge in [0.25, 0.3) is 0 Å². The molecule has 6 heteroatoms. The molecule has 106 valence electrons. The molecule has 0 aromatic carbocycles. The minimum Gasteiger partial charge on any atom is -0.465 e. The molecule has 19 heavy (non-hydrogen) atoms. The standard InChI is InChI=1S/C13H20N2O4/c1-5-12(3,17-4)9-14-10(19-15-9)13(7-8-13)11(16)18-6-2/h5-8H2,1-4H3. The normalized spacial score (nSPS) is 19.8. The zero-order valence-electron chi connectivity index (χ0n) is 11.9. The number of esters is 1. The van der Waals surface area contributed by atoms with Crippen LogP contribution in [0.3, 0.4) is 0 Å². The van der Waals surface area contributed by atoms with Gasteiger partial charge < -0.3 is 14.0 Å². The highest BCUT2D eigenvalue weighted by atomic mass is 16.5. The first-order valence-electron chi connectivity index (χ1n) is 6.59. The Kier molecular flexibility index (Phi) is 3.62. The van der Waals surface area contributed by atoms with E-state index < -0.39 is 11.0 Å². The smallest absolute Gasteiger partial charge is 0.321 e. The quantitative estimate of drug-likeness (QED) is 0.734. The Labute approximate surface area is 112 Å². The summed E-state index contributed by atoms with van der Waals surface area (Å²) in [6.07, 6.45) is 2.11. The first-order chi connectivity index (χ1) is 9.02. The van der Waals surface area contributed by atoms with E-state index in [9.17, 15) is 4.79 Å². The van der Waals surface area contributed by atoms with Gasteiger partial charge in [-0.3, -0.25) is 4.79 Å². The van der Waals surface area contributed by atoms with E-state index in [0.29, 0.717) is 31.2 Å². The average molecular weight is 268 g/mol. The maximum atomic E-state index is 11.9. The van der Waals surface area contributed by atoms with Crippen molar-refractivity contribution in [3.63, 3.8) is 0 Å². The minimum absolute atomic E-state index is 0.277. The number of carbonyl (C=O) groups is 1. The number of hydrogen-bond donors (Lipinski definition) is 0. The molecule has 1 heterocycles. The molecule has 1 aliphatic carbocycles. The Balaban J connectivity index is 2.25. The monoisotopic (exact) mass is 268 g/mol. The predicted molar refractivity (Wildman–Crippen MR) is 66.5 cm³/mol. The van der Waals surface area contributed by atoms with Crippen LogP contribution in [0.4, 0.5) is 0 Å². The van der Waals surface area contributed by atoms with Crippen molar-refractivity contribution in [2.75, 3.05) is 13.7 Å². The zero-order chi connectivity index (χ0) is 14.1. The van der Waals surface area contributed by atoms with Gasteiger partial charge in [-0.2, -0.15) is 4.98 Å². The molecule has 0 spiro atoms. The molecule has 0 aliphatic heterocycles. The van der Waals surface area contributed by atoms with Crippen molar-refractivity contribution in [1.82, 2.24) is 10.1 Å². The molecular formula is C13H20N2O4. The second-order valence-corrected chi connectivity index (χ2v) is 5.01. The van der Waals surface area contributed by atoms with Crippen molar-refractivity contribution in [3.05, 3.63) is 11.7 Å². The van der Waals surface area contributed by atoms with Crippen molar-refractivity contribution in [3.8, 4) is 0 Å². The number of ether oxygens (including phenoxy) is 2. The van der Waals surface area contributed by atoms with Crippen molar-refractivity contribution in [2.45, 2.75) is 51.0 Å². The van der Waals surface area contributed by atoms with Gasteiger partial charge in [-0.25, -0.2) is 0 Å². The average Bonchev–Trinajstić information content (AvgIpc) is 3.09. The van der Waals surface area contributed by atoms with Gasteiger partial charge in [0.15, 0.2) is 0 Å². The highest BCUT2D eigenvalue weighted by molar-refractivity contribution is 5.85. The highest BCUT2D eigenvalue weighted by Gasteiger charge is 2.58. The summed E-state index contributed by atoms with van der Waals surface area (Å²) in [6.45, 7) is 6.02. The second-order valence-electron chi connectivity index (χ2n) is 5.01. The van der Waals surface area contributed by atoms with E-state index in [0.717, 1.165) is 6.42 Å². The molecule has 1 saturated carbocycles. The van der Waals surface area contributed by atoms with Gasteiger partial charge in [-0.05, 0) is 33.1 Å². The van der Waals surface area contributed by atoms with E-state index >= 15 is 0 Å². The molecule has 0 bridgehead atoms. The van der Waals surface area contributed by atoms with Crippen molar-refractivity contribution in [1.29, 1.82) is 0 Å². The lowest BCUT2D eigenvalue weighted by Crippen LogP contribution is -2.26. The fourth-order valence-corrected chi connectivity index (χ4v) is 1.93. The zero-order valence-corrected chi connectivity index (χ0v) is 11.9. The Bertz CT molecular complexity index is 461. The SMILES string of the molecule is CCOC(=O)C1(c2nc(C(C)(CC)OC)no2)CC1. The molecular weight excluding hydrogens is 248 g/mol. The summed E-state index contributed by atoms with van der Waals surface area (Å²) in [5.41, 5.74) is -1.31. The molecule has 1 aliphatic rings. The van der Waals surface area contributed by atoms with Crippen LogP contribution in [0, 0.1) is 0 Å². The molecule has 0 radical (unpaired) electrons. The number of hydrogen-bond acceptors (Lipinski definition) is 6. The van der Waals surface area contributed by atoms with Crippen LogP contribution >= 0.6 is 0 Å². The number of methoxy groups -OCH3 is 1. The molecule has 1 unspecified atom stereocenters. The largest absolute Gasteiger partial charge is 0.465 e. The van der Waals surface area contributed by atoms with Crippen LogP contribution < -0.4 is 0 Å². The highest BCUT2D eigenvalue weighted by Crippen LogP contribution is 2.48. The molecule has 6 nitrogen and oxygen atoms in total. The molecule has 2 rings (SSSR count).